The molecule has 0 aromatic rings. The summed E-state index contributed by atoms with van der Waals surface area (Å²) in [6, 6.07) is 0. The van der Waals surface area contributed by atoms with Gasteiger partial charge in [0.05, 0.1) is 13.2 Å². The van der Waals surface area contributed by atoms with E-state index in [1.54, 1.807) is 0 Å². The highest BCUT2D eigenvalue weighted by Crippen LogP contribution is 2.08. The van der Waals surface area contributed by atoms with Gasteiger partial charge in [-0.1, -0.05) is 0 Å². The van der Waals surface area contributed by atoms with E-state index in [0.29, 0.717) is 13.2 Å². The van der Waals surface area contributed by atoms with E-state index in [2.05, 4.69) is 14.4 Å². The van der Waals surface area contributed by atoms with Crippen molar-refractivity contribution < 1.29 is 23.9 Å². The molecule has 1 atom stereocenters. The molecule has 6 heteroatoms. The fourth-order valence-corrected chi connectivity index (χ4v) is 0.847. The predicted molar refractivity (Wildman–Crippen MR) is 33.0 cm³/mol. The molecule has 1 heterocycles. The Morgan fingerprint density at radius 3 is 2.90 bits per heavy atom. The lowest BCUT2D eigenvalue weighted by molar-refractivity contribution is 0.0972. The Hall–Kier alpha value is 0.0169. The average Bonchev–Trinajstić information content (AvgIpc) is 2.97. The van der Waals surface area contributed by atoms with Crippen LogP contribution in [0.5, 0.6) is 0 Å². The Morgan fingerprint density at radius 2 is 2.40 bits per heavy atom. The van der Waals surface area contributed by atoms with Gasteiger partial charge in [-0.15, -0.1) is 0 Å². The second-order valence-corrected chi connectivity index (χ2v) is 3.81. The van der Waals surface area contributed by atoms with Crippen LogP contribution in [0, 0.1) is 0 Å². The van der Waals surface area contributed by atoms with Crippen molar-refractivity contribution in [2.24, 2.45) is 0 Å². The normalized spacial score (nSPS) is 28.8. The molecule has 1 aliphatic heterocycles. The molecule has 5 nitrogen and oxygen atoms in total. The van der Waals surface area contributed by atoms with Gasteiger partial charge in [-0.25, -0.2) is 0 Å². The van der Waals surface area contributed by atoms with Gasteiger partial charge in [0.2, 0.25) is 0 Å². The average molecular weight is 172 g/mol. The van der Waals surface area contributed by atoms with E-state index in [4.69, 9.17) is 13.8 Å². The van der Waals surface area contributed by atoms with E-state index in [-0.39, 0.29) is 12.3 Å². The van der Waals surface area contributed by atoms with Crippen LogP contribution in [-0.2, 0) is 9.47 Å². The number of ether oxygens (including phenoxy) is 2. The summed E-state index contributed by atoms with van der Waals surface area (Å²) in [5.41, 5.74) is 0. The minimum Gasteiger partial charge on any atom is -0.389 e. The highest BCUT2D eigenvalue weighted by atomic mass is 28.4. The highest BCUT2D eigenvalue weighted by Gasteiger charge is 2.29. The molecule has 1 aliphatic rings. The first-order valence-corrected chi connectivity index (χ1v) is 4.82. The molecular weight excluding hydrogens is 156 g/mol. The summed E-state index contributed by atoms with van der Waals surface area (Å²) in [7, 11) is -3.53. The third-order valence-corrected chi connectivity index (χ3v) is 1.54. The Balaban J connectivity index is 2.19. The maximum absolute atomic E-state index is 6.57. The van der Waals surface area contributed by atoms with Crippen molar-refractivity contribution >= 4 is 8.80 Å². The fraction of sp³-hybridized carbons (Fsp3) is 1.00. The van der Waals surface area contributed by atoms with Crippen LogP contribution in [0.2, 0.25) is 0 Å². The first-order chi connectivity index (χ1) is 6.26. The lowest BCUT2D eigenvalue weighted by atomic mass is 10.5. The number of epoxide rings is 1. The Bertz CT molecular complexity index is 144. The molecule has 0 aromatic heterocycles. The summed E-state index contributed by atoms with van der Waals surface area (Å²) in [5.74, 6) is 0. The van der Waals surface area contributed by atoms with Crippen LogP contribution in [0.25, 0.3) is 0 Å². The first kappa shape index (κ1) is 4.81. The van der Waals surface area contributed by atoms with Gasteiger partial charge < -0.3 is 23.9 Å². The Kier molecular flexibility index (Phi) is 1.42. The SMILES string of the molecule is [3H]O[Si](COCC1CO1)(O[3H])O[3H]. The van der Waals surface area contributed by atoms with Gasteiger partial charge in [0.15, 0.2) is 4.29 Å². The zero-order valence-electron chi connectivity index (χ0n) is 8.24. The van der Waals surface area contributed by atoms with Gasteiger partial charge in [0.1, 0.15) is 12.3 Å². The Labute approximate surface area is 63.7 Å². The van der Waals surface area contributed by atoms with E-state index in [1.807, 2.05) is 0 Å². The van der Waals surface area contributed by atoms with Gasteiger partial charge in [0, 0.05) is 0 Å². The minimum absolute atomic E-state index is 0.0777. The quantitative estimate of drug-likeness (QED) is 0.301. The van der Waals surface area contributed by atoms with Crippen molar-refractivity contribution in [1.29, 1.82) is 4.29 Å². The van der Waals surface area contributed by atoms with E-state index in [0.717, 1.165) is 0 Å². The summed E-state index contributed by atoms with van der Waals surface area (Å²) < 4.78 is 29.6. The van der Waals surface area contributed by atoms with E-state index < -0.39 is 8.80 Å². The monoisotopic (exact) mass is 172 g/mol. The molecule has 1 rings (SSSR count). The number of rotatable bonds is 7. The van der Waals surface area contributed by atoms with Crippen LogP contribution in [0.15, 0.2) is 0 Å². The topological polar surface area (TPSA) is 82.5 Å². The van der Waals surface area contributed by atoms with Crippen LogP contribution in [0.4, 0.5) is 0 Å². The molecular formula is C4H10O5Si. The molecule has 1 unspecified atom stereocenters. The fourth-order valence-electron chi connectivity index (χ4n) is 0.480. The molecule has 0 saturated carbocycles. The zero-order chi connectivity index (χ0) is 9.73. The van der Waals surface area contributed by atoms with Crippen molar-refractivity contribution in [2.75, 3.05) is 19.4 Å². The molecule has 1 saturated heterocycles. The molecule has 0 aliphatic carbocycles. The van der Waals surface area contributed by atoms with E-state index >= 15 is 0 Å². The molecule has 0 bridgehead atoms. The third kappa shape index (κ3) is 3.93. The van der Waals surface area contributed by atoms with Gasteiger partial charge in [-0.05, 0) is 0 Å². The summed E-state index contributed by atoms with van der Waals surface area (Å²) in [4.78, 5) is 12.1. The lowest BCUT2D eigenvalue weighted by Gasteiger charge is -2.08. The van der Waals surface area contributed by atoms with Gasteiger partial charge in [-0.2, -0.15) is 0 Å². The molecule has 60 valence electrons. The maximum Gasteiger partial charge on any atom is 0.519 e. The van der Waals surface area contributed by atoms with Crippen molar-refractivity contribution in [2.45, 2.75) is 6.10 Å². The van der Waals surface area contributed by atoms with Crippen LogP contribution in [0.3, 0.4) is 0 Å². The maximum atomic E-state index is 6.57. The van der Waals surface area contributed by atoms with Crippen LogP contribution >= 0.6 is 0 Å². The molecule has 3 N–H and O–H groups in total. The van der Waals surface area contributed by atoms with Crippen molar-refractivity contribution in [3.05, 3.63) is 0 Å². The second kappa shape index (κ2) is 2.95. The molecule has 0 amide bonds. The van der Waals surface area contributed by atoms with Crippen molar-refractivity contribution in [1.82, 2.24) is 0 Å². The number of hydrogen-bond acceptors (Lipinski definition) is 5. The Morgan fingerprint density at radius 1 is 1.70 bits per heavy atom. The summed E-state index contributed by atoms with van der Waals surface area (Å²) in [6.45, 7) is 0.991. The molecule has 0 spiro atoms. The third-order valence-electron chi connectivity index (χ3n) is 0.985. The molecule has 1 fully saturated rings. The van der Waals surface area contributed by atoms with Crippen LogP contribution < -0.4 is 0 Å². The highest BCUT2D eigenvalue weighted by molar-refractivity contribution is 6.56. The predicted octanol–water partition coefficient (Wildman–Crippen LogP) is -2.14. The second-order valence-electron chi connectivity index (χ2n) is 2.15. The van der Waals surface area contributed by atoms with Crippen molar-refractivity contribution in [3.63, 3.8) is 0 Å². The van der Waals surface area contributed by atoms with E-state index in [9.17, 15) is 0 Å². The minimum atomic E-state index is -3.53. The zero-order valence-corrected chi connectivity index (χ0v) is 6.24. The van der Waals surface area contributed by atoms with E-state index in [1.165, 1.54) is 0 Å². The lowest BCUT2D eigenvalue weighted by Crippen LogP contribution is -2.41. The number of hydrogen-bond donors (Lipinski definition) is 3. The standard InChI is InChI=1S/C4H10O5Si/c5-10(6,7)3-8-1-4-2-9-4/h4-7H,1-3H2/i5T,6T,7T. The largest absolute Gasteiger partial charge is 0.519 e. The first-order valence-electron chi connectivity index (χ1n) is 4.11. The molecule has 0 aromatic carbocycles. The van der Waals surface area contributed by atoms with Gasteiger partial charge in [0.25, 0.3) is 0 Å². The molecule has 0 radical (unpaired) electrons. The van der Waals surface area contributed by atoms with Crippen LogP contribution in [-0.4, -0.2) is 53.0 Å². The summed E-state index contributed by atoms with van der Waals surface area (Å²) in [5, 5.41) is 0. The van der Waals surface area contributed by atoms with Gasteiger partial charge >= 0.3 is 8.80 Å². The summed E-state index contributed by atoms with van der Waals surface area (Å²) >= 11 is 0. The molecule has 10 heavy (non-hydrogen) atoms. The smallest absolute Gasteiger partial charge is 0.389 e. The van der Waals surface area contributed by atoms with Crippen molar-refractivity contribution in [3.8, 4) is 0 Å². The van der Waals surface area contributed by atoms with Gasteiger partial charge in [-0.3, -0.25) is 0 Å². The summed E-state index contributed by atoms with van der Waals surface area (Å²) in [6.07, 6.45) is -0.113. The van der Waals surface area contributed by atoms with Crippen LogP contribution in [0.1, 0.15) is 0 Å².